The Morgan fingerprint density at radius 1 is 1.32 bits per heavy atom. The van der Waals surface area contributed by atoms with Crippen LogP contribution in [0.5, 0.6) is 0 Å². The molecule has 1 aliphatic heterocycles. The van der Waals surface area contributed by atoms with Gasteiger partial charge in [-0.1, -0.05) is 43.1 Å². The summed E-state index contributed by atoms with van der Waals surface area (Å²) < 4.78 is 1.59. The predicted octanol–water partition coefficient (Wildman–Crippen LogP) is 3.13. The summed E-state index contributed by atoms with van der Waals surface area (Å²) in [5.41, 5.74) is 0.550. The lowest BCUT2D eigenvalue weighted by Gasteiger charge is -2.33. The largest absolute Gasteiger partial charge is 0.331 e. The first-order valence-electron chi connectivity index (χ1n) is 8.33. The molecule has 3 rings (SSSR count). The monoisotopic (exact) mass is 381 g/mol. The van der Waals surface area contributed by atoms with Crippen LogP contribution in [0.2, 0.25) is 10.0 Å². The van der Waals surface area contributed by atoms with Gasteiger partial charge in [-0.2, -0.15) is 0 Å². The summed E-state index contributed by atoms with van der Waals surface area (Å²) in [7, 11) is 0. The van der Waals surface area contributed by atoms with Crippen LogP contribution in [0, 0.1) is 0 Å². The lowest BCUT2D eigenvalue weighted by Crippen LogP contribution is -2.52. The van der Waals surface area contributed by atoms with Gasteiger partial charge in [-0.15, -0.1) is 5.10 Å². The van der Waals surface area contributed by atoms with Gasteiger partial charge in [-0.3, -0.25) is 4.79 Å². The second kappa shape index (κ2) is 7.32. The topological polar surface area (TPSA) is 63.1 Å². The van der Waals surface area contributed by atoms with Gasteiger partial charge >= 0.3 is 0 Å². The highest BCUT2D eigenvalue weighted by molar-refractivity contribution is 6.37. The molecule has 1 aliphatic rings. The number of nitrogens with zero attached hydrogens (tertiary/aromatic N) is 4. The lowest BCUT2D eigenvalue weighted by molar-refractivity contribution is 0.0643. The smallest absolute Gasteiger partial charge is 0.293 e. The maximum atomic E-state index is 12.9. The van der Waals surface area contributed by atoms with Crippen molar-refractivity contribution in [2.24, 2.45) is 0 Å². The number of halogens is 2. The zero-order valence-corrected chi connectivity index (χ0v) is 16.0. The van der Waals surface area contributed by atoms with Crippen LogP contribution in [0.3, 0.4) is 0 Å². The molecule has 1 aromatic heterocycles. The van der Waals surface area contributed by atoms with Crippen LogP contribution in [-0.4, -0.2) is 51.2 Å². The summed E-state index contributed by atoms with van der Waals surface area (Å²) in [6.45, 7) is 8.16. The Bertz CT molecular complexity index is 769. The van der Waals surface area contributed by atoms with Crippen molar-refractivity contribution in [3.05, 3.63) is 39.9 Å². The number of carbonyl (C=O) groups excluding carboxylic acids is 1. The predicted molar refractivity (Wildman–Crippen MR) is 98.8 cm³/mol. The average molecular weight is 382 g/mol. The van der Waals surface area contributed by atoms with E-state index in [1.165, 1.54) is 0 Å². The average Bonchev–Trinajstić information content (AvgIpc) is 3.00. The molecule has 2 heterocycles. The number of hydrogen-bond donors (Lipinski definition) is 1. The molecule has 1 saturated heterocycles. The molecule has 0 saturated carbocycles. The standard InChI is InChI=1S/C17H21Cl2N5O/c1-10(2)16-21-15(17(25)23-8-7-20-9-11(23)3)22-24(16)14-12(18)5-4-6-13(14)19/h4-6,10-11,20H,7-9H2,1-3H3/t11-/m0/s1. The third-order valence-corrected chi connectivity index (χ3v) is 4.86. The normalized spacial score (nSPS) is 18.0. The number of rotatable bonds is 3. The van der Waals surface area contributed by atoms with E-state index in [0.29, 0.717) is 28.1 Å². The van der Waals surface area contributed by atoms with Gasteiger partial charge in [-0.05, 0) is 19.1 Å². The Morgan fingerprint density at radius 3 is 2.60 bits per heavy atom. The van der Waals surface area contributed by atoms with E-state index in [9.17, 15) is 4.79 Å². The van der Waals surface area contributed by atoms with Crippen molar-refractivity contribution < 1.29 is 4.79 Å². The van der Waals surface area contributed by atoms with Crippen LogP contribution in [0.4, 0.5) is 0 Å². The molecule has 1 amide bonds. The highest BCUT2D eigenvalue weighted by atomic mass is 35.5. The van der Waals surface area contributed by atoms with E-state index < -0.39 is 0 Å². The molecular weight excluding hydrogens is 361 g/mol. The minimum atomic E-state index is -0.169. The second-order valence-corrected chi connectivity index (χ2v) is 7.30. The van der Waals surface area contributed by atoms with Crippen LogP contribution in [0.15, 0.2) is 18.2 Å². The maximum absolute atomic E-state index is 12.9. The van der Waals surface area contributed by atoms with Crippen molar-refractivity contribution >= 4 is 29.1 Å². The fourth-order valence-electron chi connectivity index (χ4n) is 2.92. The van der Waals surface area contributed by atoms with Crippen LogP contribution in [0.1, 0.15) is 43.1 Å². The highest BCUT2D eigenvalue weighted by Gasteiger charge is 2.29. The van der Waals surface area contributed by atoms with Gasteiger partial charge in [-0.25, -0.2) is 9.67 Å². The van der Waals surface area contributed by atoms with Gasteiger partial charge in [0.25, 0.3) is 5.91 Å². The summed E-state index contributed by atoms with van der Waals surface area (Å²) >= 11 is 12.6. The number of nitrogens with one attached hydrogen (secondary N) is 1. The number of aromatic nitrogens is 3. The lowest BCUT2D eigenvalue weighted by atomic mass is 10.2. The molecule has 25 heavy (non-hydrogen) atoms. The van der Waals surface area contributed by atoms with Crippen molar-refractivity contribution in [1.29, 1.82) is 0 Å². The Morgan fingerprint density at radius 2 is 2.00 bits per heavy atom. The molecule has 1 fully saturated rings. The summed E-state index contributed by atoms with van der Waals surface area (Å²) in [6.07, 6.45) is 0. The first kappa shape index (κ1) is 18.2. The van der Waals surface area contributed by atoms with Gasteiger partial charge in [0.05, 0.1) is 10.0 Å². The molecule has 2 aromatic rings. The van der Waals surface area contributed by atoms with Crippen LogP contribution >= 0.6 is 23.2 Å². The van der Waals surface area contributed by atoms with E-state index in [0.717, 1.165) is 13.1 Å². The van der Waals surface area contributed by atoms with E-state index in [4.69, 9.17) is 23.2 Å². The van der Waals surface area contributed by atoms with Gasteiger partial charge in [0.15, 0.2) is 0 Å². The molecule has 0 bridgehead atoms. The minimum absolute atomic E-state index is 0.0573. The van der Waals surface area contributed by atoms with Gasteiger partial charge in [0.1, 0.15) is 11.5 Å². The Balaban J connectivity index is 2.05. The Labute approximate surface area is 157 Å². The highest BCUT2D eigenvalue weighted by Crippen LogP contribution is 2.30. The number of amides is 1. The maximum Gasteiger partial charge on any atom is 0.293 e. The molecule has 0 radical (unpaired) electrons. The van der Waals surface area contributed by atoms with E-state index in [2.05, 4.69) is 15.4 Å². The van der Waals surface area contributed by atoms with Crippen molar-refractivity contribution in [3.63, 3.8) is 0 Å². The molecule has 8 heteroatoms. The molecule has 0 aliphatic carbocycles. The first-order chi connectivity index (χ1) is 11.9. The zero-order chi connectivity index (χ0) is 18.1. The fraction of sp³-hybridized carbons (Fsp3) is 0.471. The van der Waals surface area contributed by atoms with Gasteiger partial charge in [0, 0.05) is 31.6 Å². The minimum Gasteiger partial charge on any atom is -0.331 e. The van der Waals surface area contributed by atoms with Gasteiger partial charge in [0.2, 0.25) is 5.82 Å². The van der Waals surface area contributed by atoms with Crippen molar-refractivity contribution in [2.75, 3.05) is 19.6 Å². The third-order valence-electron chi connectivity index (χ3n) is 4.25. The van der Waals surface area contributed by atoms with Crippen LogP contribution < -0.4 is 5.32 Å². The van der Waals surface area contributed by atoms with E-state index in [1.54, 1.807) is 27.8 Å². The molecule has 0 unspecified atom stereocenters. The first-order valence-corrected chi connectivity index (χ1v) is 9.08. The Hall–Kier alpha value is -1.63. The molecule has 1 N–H and O–H groups in total. The molecule has 1 aromatic carbocycles. The molecular formula is C17H21Cl2N5O. The number of piperazine rings is 1. The van der Waals surface area contributed by atoms with E-state index in [-0.39, 0.29) is 23.7 Å². The summed E-state index contributed by atoms with van der Waals surface area (Å²) in [6, 6.07) is 5.36. The molecule has 1 atom stereocenters. The number of carbonyl (C=O) groups is 1. The van der Waals surface area contributed by atoms with Crippen LogP contribution in [0.25, 0.3) is 5.69 Å². The van der Waals surface area contributed by atoms with Gasteiger partial charge < -0.3 is 10.2 Å². The van der Waals surface area contributed by atoms with Crippen molar-refractivity contribution in [3.8, 4) is 5.69 Å². The molecule has 6 nitrogen and oxygen atoms in total. The van der Waals surface area contributed by atoms with E-state index in [1.807, 2.05) is 20.8 Å². The molecule has 0 spiro atoms. The quantitative estimate of drug-likeness (QED) is 0.886. The van der Waals surface area contributed by atoms with Crippen molar-refractivity contribution in [1.82, 2.24) is 25.0 Å². The van der Waals surface area contributed by atoms with Crippen LogP contribution in [-0.2, 0) is 0 Å². The number of para-hydroxylation sites is 1. The van der Waals surface area contributed by atoms with E-state index >= 15 is 0 Å². The fourth-order valence-corrected chi connectivity index (χ4v) is 3.47. The second-order valence-electron chi connectivity index (χ2n) is 6.48. The Kier molecular flexibility index (Phi) is 5.32. The number of hydrogen-bond acceptors (Lipinski definition) is 4. The summed E-state index contributed by atoms with van der Waals surface area (Å²) in [5.74, 6) is 0.717. The summed E-state index contributed by atoms with van der Waals surface area (Å²) in [5, 5.41) is 8.66. The SMILES string of the molecule is CC(C)c1nc(C(=O)N2CCNC[C@@H]2C)nn1-c1c(Cl)cccc1Cl. The zero-order valence-electron chi connectivity index (χ0n) is 14.5. The van der Waals surface area contributed by atoms with Crippen molar-refractivity contribution in [2.45, 2.75) is 32.7 Å². The summed E-state index contributed by atoms with van der Waals surface area (Å²) in [4.78, 5) is 19.2. The molecule has 134 valence electrons. The third kappa shape index (κ3) is 3.52. The number of benzene rings is 1.